The van der Waals surface area contributed by atoms with Crippen molar-refractivity contribution in [2.75, 3.05) is 6.61 Å². The van der Waals surface area contributed by atoms with Gasteiger partial charge in [-0.1, -0.05) is 12.2 Å². The number of hydrogen-bond donors (Lipinski definition) is 1. The van der Waals surface area contributed by atoms with Crippen LogP contribution in [-0.4, -0.2) is 18.1 Å². The largest absolute Gasteiger partial charge is 0.465 e. The first-order chi connectivity index (χ1) is 6.10. The lowest BCUT2D eigenvalue weighted by molar-refractivity contribution is -0.149. The maximum absolute atomic E-state index is 11.4. The first-order valence-corrected chi connectivity index (χ1v) is 4.28. The highest BCUT2D eigenvalue weighted by Gasteiger charge is 2.32. The summed E-state index contributed by atoms with van der Waals surface area (Å²) in [6, 6.07) is 0. The fraction of sp³-hybridized carbons (Fsp3) is 0.500. The van der Waals surface area contributed by atoms with Crippen molar-refractivity contribution in [1.82, 2.24) is 0 Å². The van der Waals surface area contributed by atoms with Gasteiger partial charge >= 0.3 is 5.97 Å². The smallest absolute Gasteiger partial charge is 0.326 e. The minimum atomic E-state index is -0.987. The lowest BCUT2D eigenvalue weighted by Crippen LogP contribution is -2.48. The zero-order valence-corrected chi connectivity index (χ0v) is 8.08. The van der Waals surface area contributed by atoms with Crippen molar-refractivity contribution in [1.29, 1.82) is 0 Å². The summed E-state index contributed by atoms with van der Waals surface area (Å²) in [4.78, 5) is 11.4. The quantitative estimate of drug-likeness (QED) is 0.500. The molecule has 0 unspecified atom stereocenters. The molecule has 0 rings (SSSR count). The Balaban J connectivity index is 4.44. The summed E-state index contributed by atoms with van der Waals surface area (Å²) in [5.41, 5.74) is 4.85. The zero-order valence-electron chi connectivity index (χ0n) is 8.08. The second kappa shape index (κ2) is 5.54. The Hall–Kier alpha value is -1.09. The lowest BCUT2D eigenvalue weighted by Gasteiger charge is -2.23. The Bertz CT molecular complexity index is 189. The van der Waals surface area contributed by atoms with E-state index in [2.05, 4.69) is 13.2 Å². The van der Waals surface area contributed by atoms with Crippen molar-refractivity contribution in [3.63, 3.8) is 0 Å². The van der Waals surface area contributed by atoms with Gasteiger partial charge in [0.1, 0.15) is 5.54 Å². The molecule has 74 valence electrons. The third kappa shape index (κ3) is 3.42. The summed E-state index contributed by atoms with van der Waals surface area (Å²) >= 11 is 0. The van der Waals surface area contributed by atoms with Crippen molar-refractivity contribution in [2.24, 2.45) is 5.73 Å². The average Bonchev–Trinajstić information content (AvgIpc) is 2.05. The fourth-order valence-corrected chi connectivity index (χ4v) is 1.04. The Morgan fingerprint density at radius 3 is 2.23 bits per heavy atom. The van der Waals surface area contributed by atoms with Gasteiger partial charge < -0.3 is 10.5 Å². The van der Waals surface area contributed by atoms with Gasteiger partial charge in [0.25, 0.3) is 0 Å². The van der Waals surface area contributed by atoms with Crippen molar-refractivity contribution in [3.8, 4) is 0 Å². The highest BCUT2D eigenvalue weighted by Crippen LogP contribution is 2.15. The molecule has 3 nitrogen and oxygen atoms in total. The van der Waals surface area contributed by atoms with Crippen LogP contribution in [-0.2, 0) is 9.53 Å². The molecule has 0 amide bonds. The van der Waals surface area contributed by atoms with E-state index in [9.17, 15) is 4.79 Å². The minimum Gasteiger partial charge on any atom is -0.465 e. The van der Waals surface area contributed by atoms with Crippen LogP contribution in [0.4, 0.5) is 0 Å². The molecule has 0 heterocycles. The number of hydrogen-bond acceptors (Lipinski definition) is 3. The van der Waals surface area contributed by atoms with Gasteiger partial charge in [0.15, 0.2) is 0 Å². The molecule has 0 spiro atoms. The van der Waals surface area contributed by atoms with Crippen LogP contribution in [0.25, 0.3) is 0 Å². The van der Waals surface area contributed by atoms with Crippen LogP contribution in [0.5, 0.6) is 0 Å². The van der Waals surface area contributed by atoms with E-state index in [-0.39, 0.29) is 0 Å². The molecule has 0 bridgehead atoms. The average molecular weight is 183 g/mol. The Labute approximate surface area is 79.3 Å². The van der Waals surface area contributed by atoms with Crippen LogP contribution in [0.3, 0.4) is 0 Å². The Morgan fingerprint density at radius 1 is 1.46 bits per heavy atom. The summed E-state index contributed by atoms with van der Waals surface area (Å²) in [5, 5.41) is 0. The van der Waals surface area contributed by atoms with E-state index in [0.29, 0.717) is 19.4 Å². The van der Waals surface area contributed by atoms with Gasteiger partial charge in [-0.3, -0.25) is 4.79 Å². The lowest BCUT2D eigenvalue weighted by atomic mass is 9.92. The van der Waals surface area contributed by atoms with E-state index in [1.54, 1.807) is 19.1 Å². The third-order valence-corrected chi connectivity index (χ3v) is 1.70. The van der Waals surface area contributed by atoms with Crippen LogP contribution in [0, 0.1) is 0 Å². The molecule has 0 atom stereocenters. The van der Waals surface area contributed by atoms with Gasteiger partial charge in [-0.05, 0) is 19.8 Å². The molecule has 0 aromatic heterocycles. The van der Waals surface area contributed by atoms with E-state index in [4.69, 9.17) is 10.5 Å². The first kappa shape index (κ1) is 11.9. The molecular weight excluding hydrogens is 166 g/mol. The van der Waals surface area contributed by atoms with Gasteiger partial charge in [0.05, 0.1) is 6.61 Å². The number of ether oxygens (including phenoxy) is 1. The molecule has 0 saturated heterocycles. The normalized spacial score (nSPS) is 10.6. The standard InChI is InChI=1S/C10H17NO2/c1-4-7-10(11,8-5-2)9(12)13-6-3/h4-5H,1-2,6-8,11H2,3H3. The maximum Gasteiger partial charge on any atom is 0.326 e. The van der Waals surface area contributed by atoms with E-state index in [1.807, 2.05) is 0 Å². The van der Waals surface area contributed by atoms with E-state index in [1.165, 1.54) is 0 Å². The van der Waals surface area contributed by atoms with Gasteiger partial charge in [-0.25, -0.2) is 0 Å². The van der Waals surface area contributed by atoms with Crippen LogP contribution in [0.1, 0.15) is 19.8 Å². The van der Waals surface area contributed by atoms with Gasteiger partial charge in [-0.2, -0.15) is 0 Å². The topological polar surface area (TPSA) is 52.3 Å². The SMILES string of the molecule is C=CCC(N)(CC=C)C(=O)OCC. The predicted molar refractivity (Wildman–Crippen MR) is 53.2 cm³/mol. The van der Waals surface area contributed by atoms with E-state index < -0.39 is 11.5 Å². The van der Waals surface area contributed by atoms with Crippen LogP contribution < -0.4 is 5.73 Å². The van der Waals surface area contributed by atoms with Crippen LogP contribution in [0.2, 0.25) is 0 Å². The molecule has 0 aromatic rings. The van der Waals surface area contributed by atoms with Gasteiger partial charge in [-0.15, -0.1) is 13.2 Å². The third-order valence-electron chi connectivity index (χ3n) is 1.70. The molecule has 0 radical (unpaired) electrons. The predicted octanol–water partition coefficient (Wildman–Crippen LogP) is 1.40. The highest BCUT2D eigenvalue weighted by molar-refractivity contribution is 5.81. The summed E-state index contributed by atoms with van der Waals surface area (Å²) in [7, 11) is 0. The number of nitrogens with two attached hydrogens (primary N) is 1. The fourth-order valence-electron chi connectivity index (χ4n) is 1.04. The molecule has 3 heteroatoms. The molecule has 0 saturated carbocycles. The summed E-state index contributed by atoms with van der Waals surface area (Å²) < 4.78 is 4.85. The van der Waals surface area contributed by atoms with Crippen LogP contribution >= 0.6 is 0 Å². The highest BCUT2D eigenvalue weighted by atomic mass is 16.5. The Kier molecular flexibility index (Phi) is 5.07. The molecule has 0 fully saturated rings. The van der Waals surface area contributed by atoms with Crippen LogP contribution in [0.15, 0.2) is 25.3 Å². The van der Waals surface area contributed by atoms with Crippen molar-refractivity contribution in [2.45, 2.75) is 25.3 Å². The van der Waals surface area contributed by atoms with Gasteiger partial charge in [0.2, 0.25) is 0 Å². The van der Waals surface area contributed by atoms with Gasteiger partial charge in [0, 0.05) is 0 Å². The minimum absolute atomic E-state index is 0.339. The number of carbonyl (C=O) groups is 1. The summed E-state index contributed by atoms with van der Waals surface area (Å²) in [5.74, 6) is -0.394. The molecule has 0 aliphatic carbocycles. The number of carbonyl (C=O) groups excluding carboxylic acids is 1. The second-order valence-electron chi connectivity index (χ2n) is 2.86. The summed E-state index contributed by atoms with van der Waals surface area (Å²) in [6.45, 7) is 9.19. The molecule has 13 heavy (non-hydrogen) atoms. The number of rotatable bonds is 6. The molecule has 2 N–H and O–H groups in total. The van der Waals surface area contributed by atoms with E-state index in [0.717, 1.165) is 0 Å². The van der Waals surface area contributed by atoms with Crippen molar-refractivity contribution >= 4 is 5.97 Å². The molecule has 0 aliphatic rings. The molecular formula is C10H17NO2. The van der Waals surface area contributed by atoms with Crippen molar-refractivity contribution in [3.05, 3.63) is 25.3 Å². The maximum atomic E-state index is 11.4. The summed E-state index contributed by atoms with van der Waals surface area (Å²) in [6.07, 6.45) is 4.02. The zero-order chi connectivity index (χ0) is 10.3. The first-order valence-electron chi connectivity index (χ1n) is 4.28. The Morgan fingerprint density at radius 2 is 1.92 bits per heavy atom. The second-order valence-corrected chi connectivity index (χ2v) is 2.86. The van der Waals surface area contributed by atoms with Crippen molar-refractivity contribution < 1.29 is 9.53 Å². The van der Waals surface area contributed by atoms with E-state index >= 15 is 0 Å². The molecule has 0 aliphatic heterocycles. The monoisotopic (exact) mass is 183 g/mol. The molecule has 0 aromatic carbocycles. The number of esters is 1.